The topological polar surface area (TPSA) is 111 Å². The molecule has 8 heteroatoms. The molecule has 0 radical (unpaired) electrons. The number of amides is 2. The summed E-state index contributed by atoms with van der Waals surface area (Å²) >= 11 is 0. The summed E-state index contributed by atoms with van der Waals surface area (Å²) in [4.78, 5) is 22.7. The minimum absolute atomic E-state index is 0.0321. The van der Waals surface area contributed by atoms with Crippen molar-refractivity contribution in [2.45, 2.75) is 19.4 Å². The minimum atomic E-state index is -1.28. The van der Waals surface area contributed by atoms with Crippen LogP contribution in [-0.4, -0.2) is 17.3 Å². The van der Waals surface area contributed by atoms with Crippen molar-refractivity contribution < 1.29 is 23.9 Å². The second-order valence-corrected chi connectivity index (χ2v) is 6.03. The van der Waals surface area contributed by atoms with E-state index in [-0.39, 0.29) is 17.5 Å². The van der Waals surface area contributed by atoms with E-state index >= 15 is 0 Å². The van der Waals surface area contributed by atoms with E-state index in [9.17, 15) is 14.7 Å². The van der Waals surface area contributed by atoms with E-state index < -0.39 is 12.0 Å². The van der Waals surface area contributed by atoms with E-state index in [0.29, 0.717) is 5.69 Å². The summed E-state index contributed by atoms with van der Waals surface area (Å²) in [5, 5.41) is 19.8. The molecule has 2 aromatic carbocycles. The molecule has 0 saturated carbocycles. The molecule has 3 aromatic rings. The van der Waals surface area contributed by atoms with Gasteiger partial charge in [-0.2, -0.15) is 0 Å². The fraction of sp³-hybridized carbons (Fsp3) is 0.158. The molecule has 0 bridgehead atoms. The molecule has 0 spiro atoms. The highest BCUT2D eigenvalue weighted by Crippen LogP contribution is 2.12. The first kappa shape index (κ1) is 18.1. The van der Waals surface area contributed by atoms with E-state index in [4.69, 9.17) is 4.52 Å². The van der Waals surface area contributed by atoms with Crippen LogP contribution >= 0.6 is 0 Å². The van der Waals surface area contributed by atoms with Crippen molar-refractivity contribution in [3.63, 3.8) is 0 Å². The van der Waals surface area contributed by atoms with Crippen LogP contribution in [0.15, 0.2) is 65.3 Å². The molecule has 2 N–H and O–H groups in total. The molecule has 1 unspecified atom stereocenters. The molecular formula is C19H18N4O4. The van der Waals surface area contributed by atoms with Crippen LogP contribution < -0.4 is 20.4 Å². The van der Waals surface area contributed by atoms with Crippen LogP contribution in [0.4, 0.5) is 16.4 Å². The van der Waals surface area contributed by atoms with Crippen LogP contribution in [0.25, 0.3) is 0 Å². The monoisotopic (exact) mass is 366 g/mol. The summed E-state index contributed by atoms with van der Waals surface area (Å²) in [6, 6.07) is 15.1. The Morgan fingerprint density at radius 3 is 2.48 bits per heavy atom. The maximum absolute atomic E-state index is 12.0. The van der Waals surface area contributed by atoms with Gasteiger partial charge in [-0.3, -0.25) is 9.84 Å². The Bertz CT molecular complexity index is 922. The number of rotatable bonds is 6. The fourth-order valence-electron chi connectivity index (χ4n) is 2.53. The zero-order valence-corrected chi connectivity index (χ0v) is 14.6. The molecule has 27 heavy (non-hydrogen) atoms. The molecule has 2 amide bonds. The molecule has 0 aliphatic carbocycles. The average Bonchev–Trinajstić information content (AvgIpc) is 3.11. The number of anilines is 2. The van der Waals surface area contributed by atoms with Gasteiger partial charge in [0.15, 0.2) is 6.04 Å². The number of hydrogen-bond acceptors (Lipinski definition) is 5. The molecule has 0 aliphatic heterocycles. The van der Waals surface area contributed by atoms with Crippen molar-refractivity contribution in [3.8, 4) is 0 Å². The predicted molar refractivity (Wildman–Crippen MR) is 95.0 cm³/mol. The molecule has 1 atom stereocenters. The van der Waals surface area contributed by atoms with Crippen molar-refractivity contribution in [2.75, 3.05) is 10.6 Å². The van der Waals surface area contributed by atoms with Gasteiger partial charge >= 0.3 is 11.9 Å². The second-order valence-electron chi connectivity index (χ2n) is 6.03. The van der Waals surface area contributed by atoms with Gasteiger partial charge in [-0.1, -0.05) is 42.5 Å². The number of nitrogens with zero attached hydrogens (tertiary/aromatic N) is 2. The number of carboxylic acid groups (broad SMARTS) is 1. The van der Waals surface area contributed by atoms with E-state index in [1.807, 2.05) is 37.3 Å². The number of benzene rings is 2. The minimum Gasteiger partial charge on any atom is -0.545 e. The number of carboxylic acids is 1. The van der Waals surface area contributed by atoms with Gasteiger partial charge in [0.2, 0.25) is 5.27 Å². The van der Waals surface area contributed by atoms with E-state index in [1.165, 1.54) is 29.8 Å². The van der Waals surface area contributed by atoms with Crippen LogP contribution in [0, 0.1) is 0 Å². The highest BCUT2D eigenvalue weighted by molar-refractivity contribution is 5.99. The summed E-state index contributed by atoms with van der Waals surface area (Å²) in [7, 11) is 0. The quantitative estimate of drug-likeness (QED) is 0.646. The second kappa shape index (κ2) is 8.13. The zero-order chi connectivity index (χ0) is 19.2. The SMILES string of the molecule is CC(Cc1ccccc1)[n+]1cc(NC(=O)Nc2ccc(C(=O)[O-])cc2)on1. The maximum Gasteiger partial charge on any atom is 0.326 e. The molecule has 8 nitrogen and oxygen atoms in total. The lowest BCUT2D eigenvalue weighted by atomic mass is 10.1. The zero-order valence-electron chi connectivity index (χ0n) is 14.6. The third-order valence-electron chi connectivity index (χ3n) is 3.92. The van der Waals surface area contributed by atoms with Gasteiger partial charge in [0.25, 0.3) is 6.20 Å². The van der Waals surface area contributed by atoms with Crippen molar-refractivity contribution in [3.05, 3.63) is 71.9 Å². The van der Waals surface area contributed by atoms with Crippen LogP contribution in [0.5, 0.6) is 0 Å². The number of urea groups is 1. The van der Waals surface area contributed by atoms with Gasteiger partial charge in [-0.05, 0) is 27.9 Å². The van der Waals surface area contributed by atoms with Crippen molar-refractivity contribution in [1.29, 1.82) is 0 Å². The number of hydrogen-bond donors (Lipinski definition) is 2. The molecule has 0 saturated heterocycles. The Morgan fingerprint density at radius 2 is 1.81 bits per heavy atom. The highest BCUT2D eigenvalue weighted by atomic mass is 16.5. The smallest absolute Gasteiger partial charge is 0.326 e. The third kappa shape index (κ3) is 4.91. The van der Waals surface area contributed by atoms with Crippen LogP contribution in [-0.2, 0) is 6.42 Å². The number of aromatic carboxylic acids is 1. The maximum atomic E-state index is 12.0. The van der Waals surface area contributed by atoms with Crippen LogP contribution in [0.3, 0.4) is 0 Å². The molecule has 1 aromatic heterocycles. The Kier molecular flexibility index (Phi) is 5.46. The first-order valence-corrected chi connectivity index (χ1v) is 8.33. The molecule has 1 heterocycles. The Morgan fingerprint density at radius 1 is 1.11 bits per heavy atom. The van der Waals surface area contributed by atoms with Gasteiger partial charge in [0, 0.05) is 19.0 Å². The standard InChI is InChI=1S/C19H18N4O4/c1-13(11-14-5-3-2-4-6-14)23-12-17(27-22-23)21-19(26)20-16-9-7-15(8-10-16)18(24)25/h2-10,12-13H,11H2,1H3,(H2-,20,21,22,24,25,26). The Labute approximate surface area is 155 Å². The summed E-state index contributed by atoms with van der Waals surface area (Å²) in [6.07, 6.45) is 2.38. The fourth-order valence-corrected chi connectivity index (χ4v) is 2.53. The summed E-state index contributed by atoms with van der Waals surface area (Å²) < 4.78 is 6.77. The lowest BCUT2D eigenvalue weighted by molar-refractivity contribution is -0.782. The Balaban J connectivity index is 1.56. The van der Waals surface area contributed by atoms with Gasteiger partial charge in [0.05, 0.1) is 5.97 Å². The number of nitrogens with one attached hydrogen (secondary N) is 2. The Hall–Kier alpha value is -3.68. The first-order chi connectivity index (χ1) is 13.0. The van der Waals surface area contributed by atoms with Gasteiger partial charge in [-0.15, -0.1) is 0 Å². The number of aromatic nitrogens is 2. The molecule has 138 valence electrons. The van der Waals surface area contributed by atoms with Crippen molar-refractivity contribution >= 4 is 23.6 Å². The van der Waals surface area contributed by atoms with E-state index in [1.54, 1.807) is 10.9 Å². The molecule has 3 rings (SSSR count). The average molecular weight is 366 g/mol. The molecule has 0 fully saturated rings. The normalized spacial score (nSPS) is 11.6. The van der Waals surface area contributed by atoms with Gasteiger partial charge in [0.1, 0.15) is 0 Å². The molecular weight excluding hydrogens is 348 g/mol. The predicted octanol–water partition coefficient (Wildman–Crippen LogP) is 1.77. The number of carbonyl (C=O) groups is 2. The van der Waals surface area contributed by atoms with Crippen LogP contribution in [0.2, 0.25) is 0 Å². The lowest BCUT2D eigenvalue weighted by Crippen LogP contribution is -2.40. The largest absolute Gasteiger partial charge is 0.545 e. The van der Waals surface area contributed by atoms with Crippen molar-refractivity contribution in [2.24, 2.45) is 0 Å². The van der Waals surface area contributed by atoms with Gasteiger partial charge < -0.3 is 15.2 Å². The number of carbonyl (C=O) groups excluding carboxylic acids is 2. The molecule has 0 aliphatic rings. The van der Waals surface area contributed by atoms with Crippen molar-refractivity contribution in [1.82, 2.24) is 5.27 Å². The van der Waals surface area contributed by atoms with Crippen LogP contribution in [0.1, 0.15) is 28.9 Å². The highest BCUT2D eigenvalue weighted by Gasteiger charge is 2.21. The van der Waals surface area contributed by atoms with Gasteiger partial charge in [-0.25, -0.2) is 4.79 Å². The summed E-state index contributed by atoms with van der Waals surface area (Å²) in [5.41, 5.74) is 1.64. The van der Waals surface area contributed by atoms with E-state index in [0.717, 1.165) is 6.42 Å². The lowest BCUT2D eigenvalue weighted by Gasteiger charge is -2.06. The van der Waals surface area contributed by atoms with E-state index in [2.05, 4.69) is 15.9 Å². The first-order valence-electron chi connectivity index (χ1n) is 8.33. The summed E-state index contributed by atoms with van der Waals surface area (Å²) in [5.74, 6) is -1.08. The third-order valence-corrected chi connectivity index (χ3v) is 3.92. The summed E-state index contributed by atoms with van der Waals surface area (Å²) in [6.45, 7) is 2.00.